The number of thioether (sulfide) groups is 1. The summed E-state index contributed by atoms with van der Waals surface area (Å²) in [5.41, 5.74) is 1.38. The van der Waals surface area contributed by atoms with Crippen LogP contribution in [0.5, 0.6) is 0 Å². The van der Waals surface area contributed by atoms with E-state index >= 15 is 0 Å². The molecule has 0 aromatic rings. The van der Waals surface area contributed by atoms with E-state index in [1.165, 1.54) is 5.57 Å². The summed E-state index contributed by atoms with van der Waals surface area (Å²) in [6, 6.07) is 0. The highest BCUT2D eigenvalue weighted by Gasteiger charge is 1.98. The minimum Gasteiger partial charge on any atom is -0.379 e. The highest BCUT2D eigenvalue weighted by atomic mass is 32.2. The Morgan fingerprint density at radius 3 is 2.18 bits per heavy atom. The lowest BCUT2D eigenvalue weighted by Gasteiger charge is -1.96. The zero-order valence-corrected chi connectivity index (χ0v) is 8.53. The molecule has 0 saturated heterocycles. The van der Waals surface area contributed by atoms with Crippen molar-refractivity contribution in [3.8, 4) is 0 Å². The molecule has 0 aromatic carbocycles. The van der Waals surface area contributed by atoms with E-state index in [9.17, 15) is 0 Å². The molecular formula is C9H17NS. The molecule has 1 heterocycles. The Morgan fingerprint density at radius 2 is 2.09 bits per heavy atom. The standard InChI is InChI=1S/C5H10.C4H7NS/c1-4-5(2)3;1-4-5-2-3-6-4/h4H,1-3H3;2-5H,1H3. The van der Waals surface area contributed by atoms with Gasteiger partial charge in [-0.3, -0.25) is 0 Å². The summed E-state index contributed by atoms with van der Waals surface area (Å²) < 4.78 is 0. The molecule has 1 unspecified atom stereocenters. The van der Waals surface area contributed by atoms with Crippen LogP contribution < -0.4 is 5.32 Å². The van der Waals surface area contributed by atoms with Crippen LogP contribution in [0.4, 0.5) is 0 Å². The van der Waals surface area contributed by atoms with Crippen molar-refractivity contribution >= 4 is 11.8 Å². The van der Waals surface area contributed by atoms with Crippen LogP contribution in [0.15, 0.2) is 23.3 Å². The van der Waals surface area contributed by atoms with Gasteiger partial charge in [-0.25, -0.2) is 0 Å². The minimum atomic E-state index is 0.602. The van der Waals surface area contributed by atoms with Crippen LogP contribution in [0.25, 0.3) is 0 Å². The van der Waals surface area contributed by atoms with E-state index in [4.69, 9.17) is 0 Å². The molecule has 1 aliphatic heterocycles. The number of allylic oxidation sites excluding steroid dienone is 2. The normalized spacial score (nSPS) is 19.8. The topological polar surface area (TPSA) is 12.0 Å². The lowest BCUT2D eigenvalue weighted by molar-refractivity contribution is 0.874. The second kappa shape index (κ2) is 6.35. The van der Waals surface area contributed by atoms with Crippen LogP contribution in [0, 0.1) is 0 Å². The molecule has 2 heteroatoms. The molecule has 0 spiro atoms. The third-order valence-corrected chi connectivity index (χ3v) is 2.10. The molecule has 1 aliphatic rings. The highest BCUT2D eigenvalue weighted by Crippen LogP contribution is 2.12. The summed E-state index contributed by atoms with van der Waals surface area (Å²) in [5.74, 6) is 0. The van der Waals surface area contributed by atoms with Crippen molar-refractivity contribution < 1.29 is 0 Å². The Morgan fingerprint density at radius 1 is 1.55 bits per heavy atom. The molecule has 0 fully saturated rings. The Bertz CT molecular complexity index is 138. The Labute approximate surface area is 74.0 Å². The maximum absolute atomic E-state index is 3.10. The van der Waals surface area contributed by atoms with Gasteiger partial charge in [-0.2, -0.15) is 0 Å². The smallest absolute Gasteiger partial charge is 0.0730 e. The predicted molar refractivity (Wildman–Crippen MR) is 54.4 cm³/mol. The molecule has 11 heavy (non-hydrogen) atoms. The molecule has 0 aromatic heterocycles. The third kappa shape index (κ3) is 7.53. The number of rotatable bonds is 0. The number of hydrogen-bond acceptors (Lipinski definition) is 2. The van der Waals surface area contributed by atoms with Crippen molar-refractivity contribution in [1.82, 2.24) is 5.32 Å². The van der Waals surface area contributed by atoms with Crippen molar-refractivity contribution in [3.05, 3.63) is 23.3 Å². The summed E-state index contributed by atoms with van der Waals surface area (Å²) >= 11 is 1.81. The molecular weight excluding hydrogens is 154 g/mol. The molecule has 1 nitrogen and oxygen atoms in total. The minimum absolute atomic E-state index is 0.602. The Kier molecular flexibility index (Phi) is 6.13. The molecule has 0 radical (unpaired) electrons. The summed E-state index contributed by atoms with van der Waals surface area (Å²) in [7, 11) is 0. The Hall–Kier alpha value is -0.370. The second-order valence-corrected chi connectivity index (χ2v) is 3.87. The van der Waals surface area contributed by atoms with Crippen LogP contribution in [-0.4, -0.2) is 5.37 Å². The third-order valence-electron chi connectivity index (χ3n) is 1.26. The molecule has 0 saturated carbocycles. The van der Waals surface area contributed by atoms with Gasteiger partial charge in [0.25, 0.3) is 0 Å². The molecule has 1 N–H and O–H groups in total. The summed E-state index contributed by atoms with van der Waals surface area (Å²) in [5, 5.41) is 5.76. The van der Waals surface area contributed by atoms with Gasteiger partial charge >= 0.3 is 0 Å². The fourth-order valence-electron chi connectivity index (χ4n) is 0.371. The van der Waals surface area contributed by atoms with Crippen LogP contribution in [-0.2, 0) is 0 Å². The van der Waals surface area contributed by atoms with E-state index in [-0.39, 0.29) is 0 Å². The first-order chi connectivity index (χ1) is 5.16. The lowest BCUT2D eigenvalue weighted by atomic mass is 10.3. The zero-order chi connectivity index (χ0) is 8.69. The first-order valence-electron chi connectivity index (χ1n) is 3.83. The summed E-state index contributed by atoms with van der Waals surface area (Å²) in [4.78, 5) is 0. The first kappa shape index (κ1) is 10.6. The van der Waals surface area contributed by atoms with Gasteiger partial charge in [-0.05, 0) is 33.1 Å². The summed E-state index contributed by atoms with van der Waals surface area (Å²) in [6.07, 6.45) is 4.05. The van der Waals surface area contributed by atoms with E-state index in [0.29, 0.717) is 5.37 Å². The largest absolute Gasteiger partial charge is 0.379 e. The van der Waals surface area contributed by atoms with E-state index in [1.807, 2.05) is 13.1 Å². The first-order valence-corrected chi connectivity index (χ1v) is 4.77. The maximum Gasteiger partial charge on any atom is 0.0730 e. The fourth-order valence-corrected chi connectivity index (χ4v) is 0.921. The van der Waals surface area contributed by atoms with Crippen molar-refractivity contribution in [2.75, 3.05) is 0 Å². The van der Waals surface area contributed by atoms with Gasteiger partial charge in [0.05, 0.1) is 5.37 Å². The van der Waals surface area contributed by atoms with Gasteiger partial charge in [0.15, 0.2) is 0 Å². The van der Waals surface area contributed by atoms with Crippen LogP contribution in [0.2, 0.25) is 0 Å². The highest BCUT2D eigenvalue weighted by molar-refractivity contribution is 8.02. The lowest BCUT2D eigenvalue weighted by Crippen LogP contribution is -2.09. The van der Waals surface area contributed by atoms with Crippen LogP contribution in [0.3, 0.4) is 0 Å². The second-order valence-electron chi connectivity index (χ2n) is 2.61. The fraction of sp³-hybridized carbons (Fsp3) is 0.556. The molecule has 0 bridgehead atoms. The van der Waals surface area contributed by atoms with Crippen LogP contribution in [0.1, 0.15) is 27.7 Å². The van der Waals surface area contributed by atoms with Gasteiger partial charge in [0.1, 0.15) is 0 Å². The van der Waals surface area contributed by atoms with E-state index in [2.05, 4.69) is 37.6 Å². The van der Waals surface area contributed by atoms with Gasteiger partial charge in [-0.15, -0.1) is 11.8 Å². The van der Waals surface area contributed by atoms with Crippen molar-refractivity contribution in [1.29, 1.82) is 0 Å². The predicted octanol–water partition coefficient (Wildman–Crippen LogP) is 3.11. The summed E-state index contributed by atoms with van der Waals surface area (Å²) in [6.45, 7) is 8.33. The van der Waals surface area contributed by atoms with Gasteiger partial charge in [-0.1, -0.05) is 11.6 Å². The van der Waals surface area contributed by atoms with Gasteiger partial charge in [0.2, 0.25) is 0 Å². The molecule has 1 rings (SSSR count). The number of hydrogen-bond donors (Lipinski definition) is 1. The van der Waals surface area contributed by atoms with Crippen LogP contribution >= 0.6 is 11.8 Å². The zero-order valence-electron chi connectivity index (χ0n) is 7.72. The van der Waals surface area contributed by atoms with E-state index in [0.717, 1.165) is 0 Å². The number of nitrogens with one attached hydrogen (secondary N) is 1. The molecule has 0 amide bonds. The van der Waals surface area contributed by atoms with Gasteiger partial charge < -0.3 is 5.32 Å². The van der Waals surface area contributed by atoms with Crippen molar-refractivity contribution in [2.24, 2.45) is 0 Å². The SMILES string of the molecule is CC1NC=CS1.CC=C(C)C. The molecule has 1 atom stereocenters. The van der Waals surface area contributed by atoms with Crippen molar-refractivity contribution in [3.63, 3.8) is 0 Å². The average molecular weight is 171 g/mol. The molecule has 64 valence electrons. The quantitative estimate of drug-likeness (QED) is 0.562. The Balaban J connectivity index is 0.000000187. The monoisotopic (exact) mass is 171 g/mol. The van der Waals surface area contributed by atoms with E-state index in [1.54, 1.807) is 11.8 Å². The molecule has 0 aliphatic carbocycles. The van der Waals surface area contributed by atoms with Crippen molar-refractivity contribution in [2.45, 2.75) is 33.1 Å². The average Bonchev–Trinajstić information content (AvgIpc) is 2.41. The van der Waals surface area contributed by atoms with Gasteiger partial charge in [0, 0.05) is 6.20 Å². The van der Waals surface area contributed by atoms with E-state index < -0.39 is 0 Å². The maximum atomic E-state index is 3.10.